The van der Waals surface area contributed by atoms with E-state index in [0.29, 0.717) is 17.2 Å². The van der Waals surface area contributed by atoms with Gasteiger partial charge in [-0.3, -0.25) is 0 Å². The van der Waals surface area contributed by atoms with Crippen LogP contribution >= 0.6 is 0 Å². The third kappa shape index (κ3) is 3.64. The number of hydrogen-bond donors (Lipinski definition) is 1. The lowest BCUT2D eigenvalue weighted by Crippen LogP contribution is -2.33. The lowest BCUT2D eigenvalue weighted by molar-refractivity contribution is 0.0602. The maximum atomic E-state index is 11.9. The van der Waals surface area contributed by atoms with Gasteiger partial charge in [0.1, 0.15) is 5.82 Å². The Bertz CT molecular complexity index is 712. The van der Waals surface area contributed by atoms with Gasteiger partial charge >= 0.3 is 5.97 Å². The van der Waals surface area contributed by atoms with E-state index in [1.165, 1.54) is 20.0 Å². The van der Waals surface area contributed by atoms with Crippen LogP contribution in [-0.2, 0) is 4.74 Å². The van der Waals surface area contributed by atoms with E-state index in [1.54, 1.807) is 18.3 Å². The van der Waals surface area contributed by atoms with E-state index in [2.05, 4.69) is 27.1 Å². The number of rotatable bonds is 4. The number of carbonyl (C=O) groups excluding carboxylic acids is 1. The minimum atomic E-state index is -0.390. The highest BCUT2D eigenvalue weighted by Crippen LogP contribution is 2.24. The van der Waals surface area contributed by atoms with E-state index in [-0.39, 0.29) is 5.97 Å². The van der Waals surface area contributed by atoms with Crippen LogP contribution in [-0.4, -0.2) is 36.1 Å². The lowest BCUT2D eigenvalue weighted by Gasteiger charge is -2.31. The van der Waals surface area contributed by atoms with Gasteiger partial charge in [0.15, 0.2) is 0 Å². The summed E-state index contributed by atoms with van der Waals surface area (Å²) in [5.41, 5.74) is 1.09. The summed E-state index contributed by atoms with van der Waals surface area (Å²) in [4.78, 5) is 23.0. The first kappa shape index (κ1) is 16.2. The second-order valence-corrected chi connectivity index (χ2v) is 6.07. The number of nitrogens with one attached hydrogen (secondary N) is 1. The van der Waals surface area contributed by atoms with Crippen LogP contribution in [0.5, 0.6) is 0 Å². The summed E-state index contributed by atoms with van der Waals surface area (Å²) >= 11 is 0. The highest BCUT2D eigenvalue weighted by molar-refractivity contribution is 5.96. The topological polar surface area (TPSA) is 67.3 Å². The average molecular weight is 326 g/mol. The van der Waals surface area contributed by atoms with Gasteiger partial charge in [-0.15, -0.1) is 0 Å². The van der Waals surface area contributed by atoms with Gasteiger partial charge in [-0.2, -0.15) is 4.98 Å². The van der Waals surface area contributed by atoms with Gasteiger partial charge < -0.3 is 15.0 Å². The van der Waals surface area contributed by atoms with Crippen molar-refractivity contribution in [3.05, 3.63) is 42.1 Å². The minimum Gasteiger partial charge on any atom is -0.465 e. The van der Waals surface area contributed by atoms with Gasteiger partial charge in [0.25, 0.3) is 0 Å². The Labute approximate surface area is 141 Å². The number of para-hydroxylation sites is 1. The number of aromatic nitrogens is 2. The Morgan fingerprint density at radius 1 is 1.25 bits per heavy atom. The number of methoxy groups -OCH3 is 1. The zero-order valence-corrected chi connectivity index (χ0v) is 14.0. The maximum absolute atomic E-state index is 11.9. The van der Waals surface area contributed by atoms with Crippen LogP contribution in [0.25, 0.3) is 0 Å². The first-order valence-corrected chi connectivity index (χ1v) is 8.19. The molecule has 1 saturated heterocycles. The van der Waals surface area contributed by atoms with Crippen LogP contribution < -0.4 is 10.2 Å². The van der Waals surface area contributed by atoms with Crippen LogP contribution in [0.2, 0.25) is 0 Å². The summed E-state index contributed by atoms with van der Waals surface area (Å²) in [5.74, 6) is 1.77. The molecule has 1 aliphatic rings. The Balaban J connectivity index is 1.79. The van der Waals surface area contributed by atoms with E-state index in [1.807, 2.05) is 18.2 Å². The predicted octanol–water partition coefficient (Wildman–Crippen LogP) is 3.24. The van der Waals surface area contributed by atoms with Crippen molar-refractivity contribution < 1.29 is 9.53 Å². The van der Waals surface area contributed by atoms with Crippen molar-refractivity contribution >= 4 is 23.4 Å². The third-order valence-corrected chi connectivity index (χ3v) is 4.33. The second-order valence-electron chi connectivity index (χ2n) is 6.07. The van der Waals surface area contributed by atoms with Gasteiger partial charge in [-0.25, -0.2) is 9.78 Å². The molecule has 24 heavy (non-hydrogen) atoms. The molecule has 0 bridgehead atoms. The zero-order valence-electron chi connectivity index (χ0n) is 14.0. The summed E-state index contributed by atoms with van der Waals surface area (Å²) in [5, 5.41) is 3.13. The molecule has 6 heteroatoms. The van der Waals surface area contributed by atoms with Gasteiger partial charge in [-0.1, -0.05) is 19.1 Å². The average Bonchev–Trinajstić information content (AvgIpc) is 2.62. The molecule has 126 valence electrons. The molecule has 0 spiro atoms. The van der Waals surface area contributed by atoms with Crippen molar-refractivity contribution in [3.63, 3.8) is 0 Å². The van der Waals surface area contributed by atoms with Crippen molar-refractivity contribution in [3.8, 4) is 0 Å². The molecule has 6 nitrogen and oxygen atoms in total. The quantitative estimate of drug-likeness (QED) is 0.870. The molecule has 1 fully saturated rings. The number of anilines is 3. The third-order valence-electron chi connectivity index (χ3n) is 4.33. The molecule has 0 saturated carbocycles. The largest absolute Gasteiger partial charge is 0.465 e. The van der Waals surface area contributed by atoms with Crippen molar-refractivity contribution in [2.75, 3.05) is 30.4 Å². The second kappa shape index (κ2) is 7.29. The molecule has 0 atom stereocenters. The molecule has 3 rings (SSSR count). The van der Waals surface area contributed by atoms with E-state index in [9.17, 15) is 4.79 Å². The predicted molar refractivity (Wildman–Crippen MR) is 93.7 cm³/mol. The first-order valence-electron chi connectivity index (χ1n) is 8.19. The van der Waals surface area contributed by atoms with Gasteiger partial charge in [0.2, 0.25) is 5.95 Å². The molecule has 0 unspecified atom stereocenters. The van der Waals surface area contributed by atoms with E-state index < -0.39 is 0 Å². The molecular weight excluding hydrogens is 304 g/mol. The molecule has 2 heterocycles. The molecule has 1 aromatic carbocycles. The smallest absolute Gasteiger partial charge is 0.339 e. The van der Waals surface area contributed by atoms with Crippen LogP contribution in [0.1, 0.15) is 30.1 Å². The Morgan fingerprint density at radius 2 is 2.00 bits per heavy atom. The molecule has 0 aliphatic carbocycles. The normalized spacial score (nSPS) is 15.2. The molecule has 1 aromatic heterocycles. The molecule has 0 amide bonds. The standard InChI is InChI=1S/C18H22N4O2/c1-13-8-11-22(12-9-13)16-7-10-19-18(21-16)20-15-6-4-3-5-14(15)17(23)24-2/h3-7,10,13H,8-9,11-12H2,1-2H3,(H,19,20,21). The highest BCUT2D eigenvalue weighted by atomic mass is 16.5. The van der Waals surface area contributed by atoms with Gasteiger partial charge in [0, 0.05) is 19.3 Å². The Hall–Kier alpha value is -2.63. The van der Waals surface area contributed by atoms with Crippen molar-refractivity contribution in [1.29, 1.82) is 0 Å². The first-order chi connectivity index (χ1) is 11.7. The summed E-state index contributed by atoms with van der Waals surface area (Å²) in [6.07, 6.45) is 4.10. The Kier molecular flexibility index (Phi) is 4.93. The SMILES string of the molecule is COC(=O)c1ccccc1Nc1nccc(N2CCC(C)CC2)n1. The van der Waals surface area contributed by atoms with Crippen molar-refractivity contribution in [1.82, 2.24) is 9.97 Å². The van der Waals surface area contributed by atoms with Gasteiger partial charge in [-0.05, 0) is 37.0 Å². The number of hydrogen-bond acceptors (Lipinski definition) is 6. The molecule has 1 aliphatic heterocycles. The zero-order chi connectivity index (χ0) is 16.9. The van der Waals surface area contributed by atoms with E-state index in [4.69, 9.17) is 4.74 Å². The molecule has 2 aromatic rings. The fourth-order valence-electron chi connectivity index (χ4n) is 2.82. The monoisotopic (exact) mass is 326 g/mol. The number of esters is 1. The minimum absolute atomic E-state index is 0.390. The number of ether oxygens (including phenoxy) is 1. The Morgan fingerprint density at radius 3 is 2.75 bits per heavy atom. The summed E-state index contributed by atoms with van der Waals surface area (Å²) in [6, 6.07) is 9.09. The summed E-state index contributed by atoms with van der Waals surface area (Å²) in [7, 11) is 1.37. The number of benzene rings is 1. The van der Waals surface area contributed by atoms with Crippen LogP contribution in [0, 0.1) is 5.92 Å². The molecule has 0 radical (unpaired) electrons. The van der Waals surface area contributed by atoms with Crippen molar-refractivity contribution in [2.45, 2.75) is 19.8 Å². The summed E-state index contributed by atoms with van der Waals surface area (Å²) < 4.78 is 4.82. The van der Waals surface area contributed by atoms with Crippen LogP contribution in [0.3, 0.4) is 0 Å². The lowest BCUT2D eigenvalue weighted by atomic mass is 9.99. The van der Waals surface area contributed by atoms with Crippen LogP contribution in [0.15, 0.2) is 36.5 Å². The van der Waals surface area contributed by atoms with E-state index >= 15 is 0 Å². The van der Waals surface area contributed by atoms with E-state index in [0.717, 1.165) is 24.8 Å². The summed E-state index contributed by atoms with van der Waals surface area (Å²) in [6.45, 7) is 4.31. The van der Waals surface area contributed by atoms with Gasteiger partial charge in [0.05, 0.1) is 18.4 Å². The fraction of sp³-hybridized carbons (Fsp3) is 0.389. The number of carbonyl (C=O) groups is 1. The fourth-order valence-corrected chi connectivity index (χ4v) is 2.82. The molecular formula is C18H22N4O2. The highest BCUT2D eigenvalue weighted by Gasteiger charge is 2.18. The number of piperidine rings is 1. The van der Waals surface area contributed by atoms with Crippen LogP contribution in [0.4, 0.5) is 17.5 Å². The number of nitrogens with zero attached hydrogens (tertiary/aromatic N) is 3. The molecule has 1 N–H and O–H groups in total. The maximum Gasteiger partial charge on any atom is 0.339 e. The van der Waals surface area contributed by atoms with Crippen molar-refractivity contribution in [2.24, 2.45) is 5.92 Å².